The second kappa shape index (κ2) is 5.28. The fourth-order valence-electron chi connectivity index (χ4n) is 6.30. The lowest BCUT2D eigenvalue weighted by Crippen LogP contribution is -1.97. The third-order valence-corrected chi connectivity index (χ3v) is 7.55. The Labute approximate surface area is 187 Å². The molecule has 0 saturated carbocycles. The van der Waals surface area contributed by atoms with E-state index in [2.05, 4.69) is 111 Å². The summed E-state index contributed by atoms with van der Waals surface area (Å²) in [6.07, 6.45) is 0. The summed E-state index contributed by atoms with van der Waals surface area (Å²) in [7, 11) is 0. The molecule has 152 valence electrons. The SMILES string of the molecule is c1ccc2c(c1)[nH]c1c2cc2c3c1c1ccccc1n3c1cccc3c4ccccc4n2c31. The Balaban J connectivity index is 1.77. The highest BCUT2D eigenvalue weighted by Gasteiger charge is 2.23. The summed E-state index contributed by atoms with van der Waals surface area (Å²) in [5.74, 6) is 0. The molecule has 4 heterocycles. The van der Waals surface area contributed by atoms with Crippen LogP contribution in [-0.4, -0.2) is 13.8 Å². The smallest absolute Gasteiger partial charge is 0.0804 e. The minimum atomic E-state index is 1.18. The van der Waals surface area contributed by atoms with E-state index in [1.807, 2.05) is 0 Å². The number of aromatic amines is 1. The van der Waals surface area contributed by atoms with Crippen LogP contribution in [0.4, 0.5) is 0 Å². The number of fused-ring (bicyclic) bond motifs is 12. The largest absolute Gasteiger partial charge is 0.354 e. The van der Waals surface area contributed by atoms with Crippen LogP contribution in [0.2, 0.25) is 0 Å². The second-order valence-electron chi connectivity index (χ2n) is 9.09. The molecule has 0 aliphatic rings. The first-order valence-electron chi connectivity index (χ1n) is 11.4. The van der Waals surface area contributed by atoms with Gasteiger partial charge in [-0.2, -0.15) is 0 Å². The van der Waals surface area contributed by atoms with E-state index in [1.165, 1.54) is 76.5 Å². The number of rotatable bonds is 0. The zero-order valence-electron chi connectivity index (χ0n) is 17.6. The molecular formula is C30H17N3. The van der Waals surface area contributed by atoms with Gasteiger partial charge < -0.3 is 13.8 Å². The molecule has 0 saturated heterocycles. The summed E-state index contributed by atoms with van der Waals surface area (Å²) in [5, 5.41) is 7.75. The highest BCUT2D eigenvalue weighted by Crippen LogP contribution is 2.44. The van der Waals surface area contributed by atoms with Crippen molar-refractivity contribution in [2.75, 3.05) is 0 Å². The van der Waals surface area contributed by atoms with Gasteiger partial charge in [0.05, 0.1) is 38.6 Å². The van der Waals surface area contributed by atoms with Crippen LogP contribution < -0.4 is 0 Å². The molecule has 9 rings (SSSR count). The minimum Gasteiger partial charge on any atom is -0.354 e. The Kier molecular flexibility index (Phi) is 2.59. The average Bonchev–Trinajstić information content (AvgIpc) is 3.52. The summed E-state index contributed by atoms with van der Waals surface area (Å²) in [6, 6.07) is 35.4. The molecule has 0 bridgehead atoms. The van der Waals surface area contributed by atoms with Gasteiger partial charge in [0.25, 0.3) is 0 Å². The molecular weight excluding hydrogens is 402 g/mol. The Bertz CT molecular complexity index is 2240. The van der Waals surface area contributed by atoms with Crippen LogP contribution in [0.1, 0.15) is 0 Å². The highest BCUT2D eigenvalue weighted by molar-refractivity contribution is 6.30. The van der Waals surface area contributed by atoms with Crippen molar-refractivity contribution in [3.63, 3.8) is 0 Å². The van der Waals surface area contributed by atoms with Crippen molar-refractivity contribution >= 4 is 76.5 Å². The van der Waals surface area contributed by atoms with Gasteiger partial charge in [-0.1, -0.05) is 66.7 Å². The molecule has 0 radical (unpaired) electrons. The van der Waals surface area contributed by atoms with Crippen molar-refractivity contribution in [3.8, 4) is 0 Å². The van der Waals surface area contributed by atoms with Crippen LogP contribution in [0, 0.1) is 0 Å². The van der Waals surface area contributed by atoms with Gasteiger partial charge in [0, 0.05) is 37.8 Å². The van der Waals surface area contributed by atoms with Crippen LogP contribution in [-0.2, 0) is 0 Å². The predicted octanol–water partition coefficient (Wildman–Crippen LogP) is 7.88. The summed E-state index contributed by atoms with van der Waals surface area (Å²) < 4.78 is 4.97. The molecule has 5 aromatic carbocycles. The zero-order chi connectivity index (χ0) is 21.3. The monoisotopic (exact) mass is 419 g/mol. The molecule has 33 heavy (non-hydrogen) atoms. The molecule has 0 amide bonds. The van der Waals surface area contributed by atoms with Crippen LogP contribution in [0.5, 0.6) is 0 Å². The molecule has 0 fully saturated rings. The van der Waals surface area contributed by atoms with Gasteiger partial charge in [-0.05, 0) is 30.3 Å². The van der Waals surface area contributed by atoms with Crippen LogP contribution in [0.25, 0.3) is 76.5 Å². The van der Waals surface area contributed by atoms with Crippen molar-refractivity contribution in [2.24, 2.45) is 0 Å². The summed E-state index contributed by atoms with van der Waals surface area (Å²) >= 11 is 0. The molecule has 0 unspecified atom stereocenters. The topological polar surface area (TPSA) is 24.6 Å². The van der Waals surface area contributed by atoms with E-state index in [1.54, 1.807) is 0 Å². The van der Waals surface area contributed by atoms with Crippen molar-refractivity contribution < 1.29 is 0 Å². The van der Waals surface area contributed by atoms with Crippen molar-refractivity contribution in [1.29, 1.82) is 0 Å². The van der Waals surface area contributed by atoms with Crippen LogP contribution in [0.15, 0.2) is 97.1 Å². The van der Waals surface area contributed by atoms with Crippen molar-refractivity contribution in [2.45, 2.75) is 0 Å². The van der Waals surface area contributed by atoms with E-state index in [-0.39, 0.29) is 0 Å². The molecule has 1 N–H and O–H groups in total. The van der Waals surface area contributed by atoms with Gasteiger partial charge in [0.1, 0.15) is 0 Å². The quantitative estimate of drug-likeness (QED) is 0.242. The van der Waals surface area contributed by atoms with E-state index in [0.717, 1.165) is 0 Å². The number of hydrogen-bond acceptors (Lipinski definition) is 0. The summed E-state index contributed by atoms with van der Waals surface area (Å²) in [5.41, 5.74) is 9.98. The number of H-pyrrole nitrogens is 1. The molecule has 0 spiro atoms. The standard InChI is InChI=1S/C30H17N3/c1-4-12-22-17(8-1)21-16-26-30-27(28(21)31-22)20-10-3-6-14-24(20)32(30)25-15-7-11-19-18-9-2-5-13-23(18)33(26)29(19)25/h1-16,31H. The molecule has 0 aliphatic carbocycles. The van der Waals surface area contributed by atoms with E-state index in [4.69, 9.17) is 0 Å². The number of para-hydroxylation sites is 4. The molecule has 9 aromatic rings. The molecule has 4 aromatic heterocycles. The fraction of sp³-hybridized carbons (Fsp3) is 0. The molecule has 0 atom stereocenters. The Morgan fingerprint density at radius 3 is 1.97 bits per heavy atom. The average molecular weight is 419 g/mol. The minimum absolute atomic E-state index is 1.18. The lowest BCUT2D eigenvalue weighted by molar-refractivity contribution is 1.26. The maximum absolute atomic E-state index is 3.76. The molecule has 3 nitrogen and oxygen atoms in total. The van der Waals surface area contributed by atoms with Gasteiger partial charge in [0.15, 0.2) is 0 Å². The number of hydrogen-bond donors (Lipinski definition) is 1. The highest BCUT2D eigenvalue weighted by atomic mass is 15.0. The van der Waals surface area contributed by atoms with Gasteiger partial charge >= 0.3 is 0 Å². The molecule has 3 heteroatoms. The van der Waals surface area contributed by atoms with E-state index in [0.29, 0.717) is 0 Å². The third kappa shape index (κ3) is 1.70. The second-order valence-corrected chi connectivity index (χ2v) is 9.09. The first-order chi connectivity index (χ1) is 16.4. The predicted molar refractivity (Wildman–Crippen MR) is 139 cm³/mol. The maximum Gasteiger partial charge on any atom is 0.0804 e. The zero-order valence-corrected chi connectivity index (χ0v) is 17.6. The lowest BCUT2D eigenvalue weighted by atomic mass is 10.1. The fourth-order valence-corrected chi connectivity index (χ4v) is 6.30. The Hall–Kier alpha value is -4.50. The van der Waals surface area contributed by atoms with Crippen LogP contribution >= 0.6 is 0 Å². The summed E-state index contributed by atoms with van der Waals surface area (Å²) in [6.45, 7) is 0. The first kappa shape index (κ1) is 16.2. The summed E-state index contributed by atoms with van der Waals surface area (Å²) in [4.78, 5) is 3.76. The number of nitrogens with zero attached hydrogens (tertiary/aromatic N) is 2. The van der Waals surface area contributed by atoms with Gasteiger partial charge in [0.2, 0.25) is 0 Å². The van der Waals surface area contributed by atoms with Gasteiger partial charge in [-0.25, -0.2) is 0 Å². The van der Waals surface area contributed by atoms with E-state index in [9.17, 15) is 0 Å². The van der Waals surface area contributed by atoms with Crippen LogP contribution in [0.3, 0.4) is 0 Å². The van der Waals surface area contributed by atoms with E-state index < -0.39 is 0 Å². The van der Waals surface area contributed by atoms with Crippen molar-refractivity contribution in [3.05, 3.63) is 97.1 Å². The molecule has 0 aliphatic heterocycles. The third-order valence-electron chi connectivity index (χ3n) is 7.55. The normalized spacial score (nSPS) is 12.8. The van der Waals surface area contributed by atoms with Gasteiger partial charge in [-0.15, -0.1) is 0 Å². The first-order valence-corrected chi connectivity index (χ1v) is 11.4. The number of nitrogens with one attached hydrogen (secondary N) is 1. The Morgan fingerprint density at radius 2 is 1.09 bits per heavy atom. The Morgan fingerprint density at radius 1 is 0.455 bits per heavy atom. The number of benzene rings is 5. The van der Waals surface area contributed by atoms with Crippen molar-refractivity contribution in [1.82, 2.24) is 13.8 Å². The van der Waals surface area contributed by atoms with E-state index >= 15 is 0 Å². The lowest BCUT2D eigenvalue weighted by Gasteiger charge is -2.12. The van der Waals surface area contributed by atoms with Gasteiger partial charge in [-0.3, -0.25) is 0 Å². The maximum atomic E-state index is 3.76. The number of aromatic nitrogens is 3.